The van der Waals surface area contributed by atoms with Gasteiger partial charge in [0, 0.05) is 0 Å². The molecular weight excluding hydrogens is 156 g/mol. The molecule has 1 aliphatic rings. The molecule has 54 valence electrons. The second-order valence-corrected chi connectivity index (χ2v) is 3.60. The highest BCUT2D eigenvalue weighted by Crippen LogP contribution is 2.22. The van der Waals surface area contributed by atoms with Gasteiger partial charge in [-0.05, 0) is 17.2 Å². The van der Waals surface area contributed by atoms with Crippen molar-refractivity contribution in [2.24, 2.45) is 0 Å². The third-order valence-electron chi connectivity index (χ3n) is 1.20. The molecule has 0 atom stereocenters. The molecule has 0 aromatic carbocycles. The Balaban J connectivity index is 3.06. The Labute approximate surface area is 68.0 Å². The largest absolute Gasteiger partial charge is 0.191 e. The quantitative estimate of drug-likeness (QED) is 0.511. The first kappa shape index (κ1) is 7.78. The lowest BCUT2D eigenvalue weighted by atomic mass is 10.4. The van der Waals surface area contributed by atoms with Gasteiger partial charge in [0.05, 0.1) is 0 Å². The number of allylic oxidation sites excluding steroid dienone is 2. The van der Waals surface area contributed by atoms with Crippen molar-refractivity contribution in [1.82, 2.24) is 0 Å². The molecular formula is C8H6N2S. The van der Waals surface area contributed by atoms with Crippen molar-refractivity contribution < 1.29 is 0 Å². The second-order valence-electron chi connectivity index (χ2n) is 1.90. The average Bonchev–Trinajstić information content (AvgIpc) is 2.09. The Hall–Kier alpha value is -1.32. The summed E-state index contributed by atoms with van der Waals surface area (Å²) in [6.45, 7) is 0. The molecule has 0 aromatic rings. The summed E-state index contributed by atoms with van der Waals surface area (Å²) in [5.74, 6) is 0. The highest BCUT2D eigenvalue weighted by Gasteiger charge is 1.98. The predicted octanol–water partition coefficient (Wildman–Crippen LogP) is 1.91. The van der Waals surface area contributed by atoms with E-state index in [0.717, 1.165) is 6.42 Å². The molecule has 0 saturated heterocycles. The van der Waals surface area contributed by atoms with E-state index >= 15 is 0 Å². The van der Waals surface area contributed by atoms with Crippen molar-refractivity contribution in [1.29, 1.82) is 10.5 Å². The lowest BCUT2D eigenvalue weighted by Gasteiger charge is -1.99. The number of nitrogens with zero attached hydrogens (tertiary/aromatic N) is 2. The number of hydrogen-bond donors (Lipinski definition) is 0. The van der Waals surface area contributed by atoms with Crippen molar-refractivity contribution in [3.05, 3.63) is 23.0 Å². The van der Waals surface area contributed by atoms with Gasteiger partial charge in [0.2, 0.25) is 0 Å². The van der Waals surface area contributed by atoms with Crippen LogP contribution < -0.4 is 0 Å². The molecule has 1 heterocycles. The summed E-state index contributed by atoms with van der Waals surface area (Å²) in [4.78, 5) is 0.289. The minimum Gasteiger partial charge on any atom is -0.191 e. The topological polar surface area (TPSA) is 47.6 Å². The van der Waals surface area contributed by atoms with Crippen molar-refractivity contribution in [2.75, 3.05) is 0 Å². The fourth-order valence-electron chi connectivity index (χ4n) is 0.709. The third-order valence-corrected chi connectivity index (χ3v) is 2.82. The Bertz CT molecular complexity index is 293. The van der Waals surface area contributed by atoms with Gasteiger partial charge in [0.15, 0.2) is 4.86 Å². The number of nitriles is 2. The summed E-state index contributed by atoms with van der Waals surface area (Å²) in [6.07, 6.45) is 4.85. The summed E-state index contributed by atoms with van der Waals surface area (Å²) in [7, 11) is -0.349. The lowest BCUT2D eigenvalue weighted by molar-refractivity contribution is 1.41. The monoisotopic (exact) mass is 162 g/mol. The van der Waals surface area contributed by atoms with Gasteiger partial charge in [0.1, 0.15) is 12.1 Å². The fourth-order valence-corrected chi connectivity index (χ4v) is 1.92. The third kappa shape index (κ3) is 1.80. The van der Waals surface area contributed by atoms with Gasteiger partial charge in [-0.25, -0.2) is 0 Å². The summed E-state index contributed by atoms with van der Waals surface area (Å²) < 4.78 is 0. The Kier molecular flexibility index (Phi) is 2.66. The van der Waals surface area contributed by atoms with Crippen LogP contribution in [0.1, 0.15) is 6.42 Å². The first-order valence-corrected chi connectivity index (χ1v) is 4.46. The minimum absolute atomic E-state index is 0.289. The summed E-state index contributed by atoms with van der Waals surface area (Å²) in [5, 5.41) is 20.8. The van der Waals surface area contributed by atoms with Crippen LogP contribution in [0.25, 0.3) is 0 Å². The molecule has 0 bridgehead atoms. The molecule has 0 N–H and O–H groups in total. The van der Waals surface area contributed by atoms with Gasteiger partial charge in [-0.15, -0.1) is 10.5 Å². The molecule has 0 aliphatic carbocycles. The maximum absolute atomic E-state index is 8.51. The molecule has 0 aromatic heterocycles. The lowest BCUT2D eigenvalue weighted by Crippen LogP contribution is -1.87. The van der Waals surface area contributed by atoms with E-state index in [1.807, 2.05) is 35.1 Å². The van der Waals surface area contributed by atoms with Crippen LogP contribution in [0.15, 0.2) is 23.0 Å². The first-order chi connectivity index (χ1) is 5.38. The van der Waals surface area contributed by atoms with Crippen LogP contribution >= 0.6 is 10.5 Å². The van der Waals surface area contributed by atoms with Gasteiger partial charge in [-0.2, -0.15) is 10.5 Å². The van der Waals surface area contributed by atoms with Crippen LogP contribution in [0, 0.1) is 22.7 Å². The van der Waals surface area contributed by atoms with E-state index in [0.29, 0.717) is 0 Å². The zero-order valence-corrected chi connectivity index (χ0v) is 6.64. The van der Waals surface area contributed by atoms with E-state index in [1.165, 1.54) is 0 Å². The van der Waals surface area contributed by atoms with Crippen LogP contribution in [0.5, 0.6) is 0 Å². The molecule has 11 heavy (non-hydrogen) atoms. The summed E-state index contributed by atoms with van der Waals surface area (Å²) in [6, 6.07) is 3.77. The zero-order chi connectivity index (χ0) is 8.10. The Morgan fingerprint density at radius 3 is 2.18 bits per heavy atom. The molecule has 3 heteroatoms. The minimum atomic E-state index is -0.349. The molecule has 0 saturated carbocycles. The van der Waals surface area contributed by atoms with Crippen molar-refractivity contribution >= 4 is 15.3 Å². The van der Waals surface area contributed by atoms with E-state index in [1.54, 1.807) is 0 Å². The van der Waals surface area contributed by atoms with Gasteiger partial charge in [-0.3, -0.25) is 0 Å². The molecule has 0 spiro atoms. The van der Waals surface area contributed by atoms with Crippen LogP contribution in [0.2, 0.25) is 0 Å². The number of hydrogen-bond acceptors (Lipinski definition) is 2. The Morgan fingerprint density at radius 1 is 1.18 bits per heavy atom. The van der Waals surface area contributed by atoms with E-state index in [4.69, 9.17) is 10.5 Å². The molecule has 1 aliphatic heterocycles. The van der Waals surface area contributed by atoms with Gasteiger partial charge in [-0.1, -0.05) is 12.2 Å². The highest BCUT2D eigenvalue weighted by molar-refractivity contribution is 8.21. The second kappa shape index (κ2) is 3.75. The zero-order valence-electron chi connectivity index (χ0n) is 5.82. The summed E-state index contributed by atoms with van der Waals surface area (Å²) in [5.41, 5.74) is 0. The van der Waals surface area contributed by atoms with E-state index in [-0.39, 0.29) is 15.3 Å². The highest BCUT2D eigenvalue weighted by atomic mass is 32.2. The van der Waals surface area contributed by atoms with E-state index in [2.05, 4.69) is 0 Å². The normalized spacial score (nSPS) is 15.5. The SMILES string of the molecule is N#CC(C#N)=S1C=CCC=C1. The average molecular weight is 162 g/mol. The fraction of sp³-hybridized carbons (Fsp3) is 0.125. The van der Waals surface area contributed by atoms with E-state index in [9.17, 15) is 0 Å². The van der Waals surface area contributed by atoms with Gasteiger partial charge < -0.3 is 0 Å². The maximum atomic E-state index is 8.51. The molecule has 0 unspecified atom stereocenters. The van der Waals surface area contributed by atoms with Crippen LogP contribution in [-0.2, 0) is 0 Å². The van der Waals surface area contributed by atoms with Gasteiger partial charge >= 0.3 is 0 Å². The maximum Gasteiger partial charge on any atom is 0.161 e. The smallest absolute Gasteiger partial charge is 0.161 e. The van der Waals surface area contributed by atoms with Crippen molar-refractivity contribution in [2.45, 2.75) is 6.42 Å². The van der Waals surface area contributed by atoms with Crippen LogP contribution in [0.3, 0.4) is 0 Å². The summed E-state index contributed by atoms with van der Waals surface area (Å²) >= 11 is 0. The van der Waals surface area contributed by atoms with Crippen molar-refractivity contribution in [3.63, 3.8) is 0 Å². The van der Waals surface area contributed by atoms with E-state index < -0.39 is 0 Å². The first-order valence-electron chi connectivity index (χ1n) is 3.11. The molecule has 0 amide bonds. The Morgan fingerprint density at radius 2 is 1.73 bits per heavy atom. The number of rotatable bonds is 0. The standard InChI is InChI=1S/C8H6N2S/c9-6-8(7-10)11-4-2-1-3-5-11/h2-5H,1H2. The van der Waals surface area contributed by atoms with Crippen LogP contribution in [0.4, 0.5) is 0 Å². The molecule has 0 radical (unpaired) electrons. The molecule has 1 rings (SSSR count). The molecule has 2 nitrogen and oxygen atoms in total. The van der Waals surface area contributed by atoms with Gasteiger partial charge in [0.25, 0.3) is 0 Å². The van der Waals surface area contributed by atoms with Crippen molar-refractivity contribution in [3.8, 4) is 12.1 Å². The van der Waals surface area contributed by atoms with Crippen LogP contribution in [-0.4, -0.2) is 4.86 Å². The predicted molar refractivity (Wildman–Crippen MR) is 46.7 cm³/mol. The molecule has 0 fully saturated rings.